The van der Waals surface area contributed by atoms with Gasteiger partial charge in [0.2, 0.25) is 0 Å². The number of amides is 2. The molecule has 1 aromatic rings. The molecule has 0 bridgehead atoms. The molecule has 118 valence electrons. The van der Waals surface area contributed by atoms with Crippen LogP contribution in [0, 0.1) is 0 Å². The summed E-state index contributed by atoms with van der Waals surface area (Å²) in [5.74, 6) is 0.483. The van der Waals surface area contributed by atoms with Crippen LogP contribution in [0.25, 0.3) is 0 Å². The monoisotopic (exact) mass is 310 g/mol. The fraction of sp³-hybridized carbons (Fsp3) is 0.562. The lowest BCUT2D eigenvalue weighted by atomic mass is 9.79. The highest BCUT2D eigenvalue weighted by Gasteiger charge is 2.23. The van der Waals surface area contributed by atoms with Gasteiger partial charge in [-0.15, -0.1) is 0 Å². The predicted octanol–water partition coefficient (Wildman–Crippen LogP) is 2.42. The first-order valence-corrected chi connectivity index (χ1v) is 8.94. The van der Waals surface area contributed by atoms with Crippen molar-refractivity contribution in [2.45, 2.75) is 38.6 Å². The topological polar surface area (TPSA) is 58.2 Å². The second kappa shape index (κ2) is 8.17. The Kier molecular flexibility index (Phi) is 6.89. The molecule has 21 heavy (non-hydrogen) atoms. The zero-order chi connectivity index (χ0) is 15.9. The molecule has 0 aliphatic rings. The van der Waals surface area contributed by atoms with Crippen LogP contribution in [0.4, 0.5) is 4.79 Å². The van der Waals surface area contributed by atoms with Crippen LogP contribution in [0.15, 0.2) is 30.3 Å². The standard InChI is InChI=1S/C16H26N2O2S/c1-13(18-15(19)17-10-11-21(4)20)12-16(2,3)14-8-6-5-7-9-14/h5-9,13H,10-12H2,1-4H3,(H2,17,18,19)/t13-,21+/m0/s1. The summed E-state index contributed by atoms with van der Waals surface area (Å²) >= 11 is 0. The quantitative estimate of drug-likeness (QED) is 0.812. The molecular weight excluding hydrogens is 284 g/mol. The molecule has 0 spiro atoms. The number of carbonyl (C=O) groups is 1. The normalized spacial score (nSPS) is 14.3. The van der Waals surface area contributed by atoms with E-state index in [1.807, 2.05) is 25.1 Å². The second-order valence-corrected chi connectivity index (χ2v) is 7.59. The Balaban J connectivity index is 2.44. The highest BCUT2D eigenvalue weighted by Crippen LogP contribution is 2.27. The van der Waals surface area contributed by atoms with Gasteiger partial charge in [0.1, 0.15) is 0 Å². The number of urea groups is 1. The van der Waals surface area contributed by atoms with E-state index in [1.54, 1.807) is 6.26 Å². The predicted molar refractivity (Wildman–Crippen MR) is 89.0 cm³/mol. The summed E-state index contributed by atoms with van der Waals surface area (Å²) in [6, 6.07) is 10.2. The molecule has 0 heterocycles. The number of hydrogen-bond acceptors (Lipinski definition) is 2. The Hall–Kier alpha value is -1.36. The minimum absolute atomic E-state index is 0.00112. The lowest BCUT2D eigenvalue weighted by Crippen LogP contribution is -2.44. The zero-order valence-corrected chi connectivity index (χ0v) is 14.1. The Morgan fingerprint density at radius 1 is 1.29 bits per heavy atom. The Labute approximate surface area is 130 Å². The van der Waals surface area contributed by atoms with Crippen LogP contribution in [0.5, 0.6) is 0 Å². The molecule has 4 nitrogen and oxygen atoms in total. The van der Waals surface area contributed by atoms with Gasteiger partial charge < -0.3 is 10.6 Å². The van der Waals surface area contributed by atoms with Gasteiger partial charge in [-0.3, -0.25) is 4.21 Å². The van der Waals surface area contributed by atoms with Crippen LogP contribution >= 0.6 is 0 Å². The van der Waals surface area contributed by atoms with Crippen molar-refractivity contribution in [1.29, 1.82) is 0 Å². The molecule has 2 amide bonds. The molecule has 5 heteroatoms. The van der Waals surface area contributed by atoms with Gasteiger partial charge in [-0.25, -0.2) is 4.79 Å². The van der Waals surface area contributed by atoms with Gasteiger partial charge in [-0.2, -0.15) is 0 Å². The van der Waals surface area contributed by atoms with E-state index >= 15 is 0 Å². The van der Waals surface area contributed by atoms with E-state index in [-0.39, 0.29) is 17.5 Å². The van der Waals surface area contributed by atoms with Crippen LogP contribution in [0.1, 0.15) is 32.8 Å². The van der Waals surface area contributed by atoms with Gasteiger partial charge >= 0.3 is 6.03 Å². The van der Waals surface area contributed by atoms with E-state index in [2.05, 4.69) is 36.6 Å². The molecular formula is C16H26N2O2S. The minimum atomic E-state index is -0.878. The first-order valence-electron chi connectivity index (χ1n) is 7.21. The van der Waals surface area contributed by atoms with Crippen molar-refractivity contribution in [3.8, 4) is 0 Å². The van der Waals surface area contributed by atoms with Crippen LogP contribution in [0.2, 0.25) is 0 Å². The zero-order valence-electron chi connectivity index (χ0n) is 13.3. The molecule has 0 aromatic heterocycles. The maximum absolute atomic E-state index is 11.7. The Bertz CT molecular complexity index is 474. The van der Waals surface area contributed by atoms with Crippen molar-refractivity contribution in [1.82, 2.24) is 10.6 Å². The van der Waals surface area contributed by atoms with Gasteiger partial charge in [0.05, 0.1) is 0 Å². The molecule has 2 N–H and O–H groups in total. The van der Waals surface area contributed by atoms with E-state index in [9.17, 15) is 9.00 Å². The molecule has 0 saturated carbocycles. The van der Waals surface area contributed by atoms with Crippen molar-refractivity contribution in [2.24, 2.45) is 0 Å². The lowest BCUT2D eigenvalue weighted by Gasteiger charge is -2.29. The van der Waals surface area contributed by atoms with Crippen LogP contribution in [-0.4, -0.2) is 34.8 Å². The van der Waals surface area contributed by atoms with Crippen molar-refractivity contribution >= 4 is 16.8 Å². The first kappa shape index (κ1) is 17.7. The molecule has 0 radical (unpaired) electrons. The Morgan fingerprint density at radius 2 is 1.90 bits per heavy atom. The van der Waals surface area contributed by atoms with Gasteiger partial charge in [0.25, 0.3) is 0 Å². The smallest absolute Gasteiger partial charge is 0.315 e. The lowest BCUT2D eigenvalue weighted by molar-refractivity contribution is 0.235. The van der Waals surface area contributed by atoms with Crippen molar-refractivity contribution < 1.29 is 9.00 Å². The second-order valence-electron chi connectivity index (χ2n) is 6.03. The molecule has 0 unspecified atom stereocenters. The largest absolute Gasteiger partial charge is 0.337 e. The molecule has 0 saturated heterocycles. The number of rotatable bonds is 7. The summed E-state index contributed by atoms with van der Waals surface area (Å²) in [6.45, 7) is 6.79. The summed E-state index contributed by atoms with van der Waals surface area (Å²) in [4.78, 5) is 11.7. The average molecular weight is 310 g/mol. The first-order chi connectivity index (χ1) is 9.81. The number of carbonyl (C=O) groups excluding carboxylic acids is 1. The van der Waals surface area contributed by atoms with Crippen molar-refractivity contribution in [3.05, 3.63) is 35.9 Å². The minimum Gasteiger partial charge on any atom is -0.337 e. The fourth-order valence-corrected chi connectivity index (χ4v) is 2.80. The third kappa shape index (κ3) is 6.76. The van der Waals surface area contributed by atoms with Crippen molar-refractivity contribution in [2.75, 3.05) is 18.6 Å². The maximum Gasteiger partial charge on any atom is 0.315 e. The highest BCUT2D eigenvalue weighted by molar-refractivity contribution is 7.84. The number of benzene rings is 1. The van der Waals surface area contributed by atoms with Crippen molar-refractivity contribution in [3.63, 3.8) is 0 Å². The van der Waals surface area contributed by atoms with Crippen LogP contribution in [-0.2, 0) is 16.2 Å². The SMILES string of the molecule is C[C@@H](CC(C)(C)c1ccccc1)NC(=O)NCC[S@@](C)=O. The average Bonchev–Trinajstić information content (AvgIpc) is 2.38. The van der Waals surface area contributed by atoms with Gasteiger partial charge in [0, 0.05) is 35.4 Å². The molecule has 0 aliphatic carbocycles. The Morgan fingerprint density at radius 3 is 2.48 bits per heavy atom. The molecule has 0 aliphatic heterocycles. The van der Waals surface area contributed by atoms with E-state index in [0.29, 0.717) is 12.3 Å². The summed E-state index contributed by atoms with van der Waals surface area (Å²) < 4.78 is 10.9. The number of nitrogens with one attached hydrogen (secondary N) is 2. The van der Waals surface area contributed by atoms with E-state index in [0.717, 1.165) is 6.42 Å². The van der Waals surface area contributed by atoms with Gasteiger partial charge in [-0.1, -0.05) is 44.2 Å². The van der Waals surface area contributed by atoms with E-state index in [4.69, 9.17) is 0 Å². The maximum atomic E-state index is 11.7. The van der Waals surface area contributed by atoms with Gasteiger partial charge in [0.15, 0.2) is 0 Å². The number of hydrogen-bond donors (Lipinski definition) is 2. The van der Waals surface area contributed by atoms with E-state index < -0.39 is 10.8 Å². The fourth-order valence-electron chi connectivity index (χ4n) is 2.41. The third-order valence-corrected chi connectivity index (χ3v) is 4.20. The van der Waals surface area contributed by atoms with Crippen LogP contribution < -0.4 is 10.6 Å². The summed E-state index contributed by atoms with van der Waals surface area (Å²) in [5, 5.41) is 5.66. The van der Waals surface area contributed by atoms with Gasteiger partial charge in [-0.05, 0) is 24.3 Å². The summed E-state index contributed by atoms with van der Waals surface area (Å²) in [6.07, 6.45) is 2.48. The molecule has 0 fully saturated rings. The molecule has 2 atom stereocenters. The molecule has 1 rings (SSSR count). The van der Waals surface area contributed by atoms with E-state index in [1.165, 1.54) is 5.56 Å². The highest BCUT2D eigenvalue weighted by atomic mass is 32.2. The molecule has 1 aromatic carbocycles. The third-order valence-electron chi connectivity index (χ3n) is 3.42. The van der Waals surface area contributed by atoms with Crippen LogP contribution in [0.3, 0.4) is 0 Å². The summed E-state index contributed by atoms with van der Waals surface area (Å²) in [5.41, 5.74) is 1.26. The summed E-state index contributed by atoms with van der Waals surface area (Å²) in [7, 11) is -0.878.